The summed E-state index contributed by atoms with van der Waals surface area (Å²) in [5, 5.41) is 3.44. The van der Waals surface area contributed by atoms with Crippen molar-refractivity contribution in [3.63, 3.8) is 0 Å². The topological polar surface area (TPSA) is 61.8 Å². The van der Waals surface area contributed by atoms with Crippen LogP contribution in [-0.4, -0.2) is 33.4 Å². The third kappa shape index (κ3) is 4.08. The predicted octanol–water partition coefficient (Wildman–Crippen LogP) is 2.97. The highest BCUT2D eigenvalue weighted by Crippen LogP contribution is 2.39. The highest BCUT2D eigenvalue weighted by molar-refractivity contribution is 5.54. The normalized spacial score (nSPS) is 11.7. The first-order valence-electron chi connectivity index (χ1n) is 7.65. The molecule has 0 bridgehead atoms. The quantitative estimate of drug-likeness (QED) is 0.802. The largest absolute Gasteiger partial charge is 0.495 e. The first-order chi connectivity index (χ1) is 11.6. The number of aromatic nitrogens is 1. The third-order valence-corrected chi connectivity index (χ3v) is 3.81. The van der Waals surface area contributed by atoms with E-state index in [-0.39, 0.29) is 6.04 Å². The van der Waals surface area contributed by atoms with Gasteiger partial charge in [-0.15, -0.1) is 0 Å². The fourth-order valence-corrected chi connectivity index (χ4v) is 2.36. The van der Waals surface area contributed by atoms with Gasteiger partial charge in [0.1, 0.15) is 5.75 Å². The van der Waals surface area contributed by atoms with Gasteiger partial charge in [-0.05, 0) is 36.8 Å². The maximum absolute atomic E-state index is 5.40. The van der Waals surface area contributed by atoms with Crippen LogP contribution in [0.15, 0.2) is 30.5 Å². The Morgan fingerprint density at radius 1 is 0.958 bits per heavy atom. The van der Waals surface area contributed by atoms with E-state index in [1.165, 1.54) is 0 Å². The molecular weight excluding hydrogens is 308 g/mol. The average molecular weight is 332 g/mol. The molecule has 1 aromatic carbocycles. The molecule has 1 unspecified atom stereocenters. The lowest BCUT2D eigenvalue weighted by Crippen LogP contribution is -2.19. The summed E-state index contributed by atoms with van der Waals surface area (Å²) < 4.78 is 21.3. The summed E-state index contributed by atoms with van der Waals surface area (Å²) in [6, 6.07) is 7.81. The van der Waals surface area contributed by atoms with Crippen molar-refractivity contribution in [3.8, 4) is 23.0 Å². The summed E-state index contributed by atoms with van der Waals surface area (Å²) in [6.45, 7) is 2.71. The Morgan fingerprint density at radius 2 is 1.62 bits per heavy atom. The van der Waals surface area contributed by atoms with Gasteiger partial charge in [-0.25, -0.2) is 0 Å². The van der Waals surface area contributed by atoms with Crippen LogP contribution in [0.1, 0.15) is 24.2 Å². The van der Waals surface area contributed by atoms with Crippen LogP contribution in [0, 0.1) is 0 Å². The number of benzene rings is 1. The Kier molecular flexibility index (Phi) is 6.26. The maximum atomic E-state index is 5.40. The molecule has 0 saturated carbocycles. The van der Waals surface area contributed by atoms with E-state index >= 15 is 0 Å². The summed E-state index contributed by atoms with van der Waals surface area (Å²) in [5.74, 6) is 2.62. The van der Waals surface area contributed by atoms with Gasteiger partial charge < -0.3 is 24.3 Å². The van der Waals surface area contributed by atoms with E-state index in [9.17, 15) is 0 Å². The fourth-order valence-electron chi connectivity index (χ4n) is 2.36. The summed E-state index contributed by atoms with van der Waals surface area (Å²) in [7, 11) is 6.44. The molecular formula is C18H24N2O4. The standard InChI is InChI=1S/C18H24N2O4/c1-12(19-10-14-6-7-15(21-2)11-20-14)13-8-16(22-3)18(24-5)17(9-13)23-4/h6-9,11-12,19H,10H2,1-5H3. The molecule has 2 aromatic rings. The fraction of sp³-hybridized carbons (Fsp3) is 0.389. The van der Waals surface area contributed by atoms with Gasteiger partial charge >= 0.3 is 0 Å². The van der Waals surface area contributed by atoms with Crippen LogP contribution in [0.4, 0.5) is 0 Å². The molecule has 1 atom stereocenters. The average Bonchev–Trinajstić information content (AvgIpc) is 2.65. The summed E-state index contributed by atoms with van der Waals surface area (Å²) >= 11 is 0. The second-order valence-corrected chi connectivity index (χ2v) is 5.25. The number of hydrogen-bond acceptors (Lipinski definition) is 6. The lowest BCUT2D eigenvalue weighted by Gasteiger charge is -2.18. The number of ether oxygens (including phenoxy) is 4. The van der Waals surface area contributed by atoms with Crippen LogP contribution in [0.5, 0.6) is 23.0 Å². The molecule has 0 fully saturated rings. The number of methoxy groups -OCH3 is 4. The first kappa shape index (κ1) is 17.9. The predicted molar refractivity (Wildman–Crippen MR) is 92.1 cm³/mol. The number of pyridine rings is 1. The van der Waals surface area contributed by atoms with Gasteiger partial charge in [0.05, 0.1) is 40.3 Å². The molecule has 130 valence electrons. The molecule has 0 saturated heterocycles. The van der Waals surface area contributed by atoms with Crippen molar-refractivity contribution in [3.05, 3.63) is 41.7 Å². The van der Waals surface area contributed by atoms with Gasteiger partial charge in [0, 0.05) is 12.6 Å². The van der Waals surface area contributed by atoms with Crippen molar-refractivity contribution in [2.75, 3.05) is 28.4 Å². The second kappa shape index (κ2) is 8.40. The van der Waals surface area contributed by atoms with Crippen LogP contribution < -0.4 is 24.3 Å². The first-order valence-corrected chi connectivity index (χ1v) is 7.65. The molecule has 0 amide bonds. The van der Waals surface area contributed by atoms with E-state index in [2.05, 4.69) is 17.2 Å². The zero-order chi connectivity index (χ0) is 17.5. The zero-order valence-electron chi connectivity index (χ0n) is 14.8. The van der Waals surface area contributed by atoms with Gasteiger partial charge in [-0.3, -0.25) is 4.98 Å². The minimum absolute atomic E-state index is 0.0857. The Balaban J connectivity index is 2.12. The van der Waals surface area contributed by atoms with Crippen LogP contribution in [0.2, 0.25) is 0 Å². The smallest absolute Gasteiger partial charge is 0.203 e. The summed E-state index contributed by atoms with van der Waals surface area (Å²) in [4.78, 5) is 4.35. The Bertz CT molecular complexity index is 634. The lowest BCUT2D eigenvalue weighted by molar-refractivity contribution is 0.323. The van der Waals surface area contributed by atoms with Crippen LogP contribution in [-0.2, 0) is 6.54 Å². The van der Waals surface area contributed by atoms with E-state index in [0.29, 0.717) is 23.8 Å². The van der Waals surface area contributed by atoms with Crippen molar-refractivity contribution in [1.29, 1.82) is 0 Å². The van der Waals surface area contributed by atoms with Crippen molar-refractivity contribution in [2.45, 2.75) is 19.5 Å². The minimum atomic E-state index is 0.0857. The van der Waals surface area contributed by atoms with E-state index in [0.717, 1.165) is 17.0 Å². The minimum Gasteiger partial charge on any atom is -0.495 e. The summed E-state index contributed by atoms with van der Waals surface area (Å²) in [6.07, 6.45) is 1.71. The van der Waals surface area contributed by atoms with Gasteiger partial charge in [0.25, 0.3) is 0 Å². The molecule has 0 spiro atoms. The van der Waals surface area contributed by atoms with E-state index in [1.807, 2.05) is 24.3 Å². The molecule has 0 radical (unpaired) electrons. The maximum Gasteiger partial charge on any atom is 0.203 e. The van der Waals surface area contributed by atoms with Crippen molar-refractivity contribution in [1.82, 2.24) is 10.3 Å². The van der Waals surface area contributed by atoms with E-state index < -0.39 is 0 Å². The van der Waals surface area contributed by atoms with Crippen molar-refractivity contribution >= 4 is 0 Å². The SMILES string of the molecule is COc1ccc(CNC(C)c2cc(OC)c(OC)c(OC)c2)nc1. The van der Waals surface area contributed by atoms with Crippen LogP contribution in [0.3, 0.4) is 0 Å². The monoisotopic (exact) mass is 332 g/mol. The van der Waals surface area contributed by atoms with E-state index in [1.54, 1.807) is 34.6 Å². The number of rotatable bonds is 8. The highest BCUT2D eigenvalue weighted by atomic mass is 16.5. The molecule has 1 aromatic heterocycles. The van der Waals surface area contributed by atoms with Gasteiger partial charge in [0.15, 0.2) is 11.5 Å². The molecule has 1 heterocycles. The number of nitrogens with zero attached hydrogens (tertiary/aromatic N) is 1. The van der Waals surface area contributed by atoms with Crippen LogP contribution in [0.25, 0.3) is 0 Å². The zero-order valence-corrected chi connectivity index (χ0v) is 14.8. The van der Waals surface area contributed by atoms with E-state index in [4.69, 9.17) is 18.9 Å². The molecule has 2 rings (SSSR count). The number of nitrogens with one attached hydrogen (secondary N) is 1. The molecule has 1 N–H and O–H groups in total. The molecule has 0 aliphatic rings. The second-order valence-electron chi connectivity index (χ2n) is 5.25. The molecule has 24 heavy (non-hydrogen) atoms. The molecule has 0 aliphatic carbocycles. The molecule has 6 heteroatoms. The lowest BCUT2D eigenvalue weighted by atomic mass is 10.1. The molecule has 0 aliphatic heterocycles. The third-order valence-electron chi connectivity index (χ3n) is 3.81. The Hall–Kier alpha value is -2.47. The van der Waals surface area contributed by atoms with Crippen molar-refractivity contribution < 1.29 is 18.9 Å². The van der Waals surface area contributed by atoms with Gasteiger partial charge in [0.2, 0.25) is 5.75 Å². The molecule has 6 nitrogen and oxygen atoms in total. The van der Waals surface area contributed by atoms with Crippen molar-refractivity contribution in [2.24, 2.45) is 0 Å². The van der Waals surface area contributed by atoms with Gasteiger partial charge in [-0.2, -0.15) is 0 Å². The summed E-state index contributed by atoms with van der Waals surface area (Å²) in [5.41, 5.74) is 1.98. The highest BCUT2D eigenvalue weighted by Gasteiger charge is 2.16. The Morgan fingerprint density at radius 3 is 2.08 bits per heavy atom. The van der Waals surface area contributed by atoms with Crippen LogP contribution >= 0.6 is 0 Å². The number of hydrogen-bond donors (Lipinski definition) is 1. The Labute approximate surface area is 142 Å². The van der Waals surface area contributed by atoms with Gasteiger partial charge in [-0.1, -0.05) is 0 Å².